The summed E-state index contributed by atoms with van der Waals surface area (Å²) >= 11 is 0. The summed E-state index contributed by atoms with van der Waals surface area (Å²) in [4.78, 5) is 32.1. The molecule has 0 saturated carbocycles. The van der Waals surface area contributed by atoms with Crippen molar-refractivity contribution in [2.75, 3.05) is 18.9 Å². The predicted octanol–water partition coefficient (Wildman–Crippen LogP) is 3.81. The van der Waals surface area contributed by atoms with Crippen LogP contribution in [0, 0.1) is 6.92 Å². The van der Waals surface area contributed by atoms with Gasteiger partial charge < -0.3 is 19.9 Å². The van der Waals surface area contributed by atoms with Crippen LogP contribution in [0.1, 0.15) is 43.1 Å². The number of hydrogen-bond donors (Lipinski definition) is 2. The molecule has 0 bridgehead atoms. The molecule has 0 radical (unpaired) electrons. The summed E-state index contributed by atoms with van der Waals surface area (Å²) in [5.41, 5.74) is 6.95. The van der Waals surface area contributed by atoms with Gasteiger partial charge in [0, 0.05) is 43.3 Å². The molecule has 7 heteroatoms. The zero-order valence-electron chi connectivity index (χ0n) is 19.3. The van der Waals surface area contributed by atoms with Gasteiger partial charge in [-0.25, -0.2) is 4.98 Å². The molecule has 2 N–H and O–H groups in total. The van der Waals surface area contributed by atoms with Crippen molar-refractivity contribution >= 4 is 23.1 Å². The fourth-order valence-corrected chi connectivity index (χ4v) is 4.29. The van der Waals surface area contributed by atoms with E-state index >= 15 is 0 Å². The van der Waals surface area contributed by atoms with Crippen molar-refractivity contribution in [1.82, 2.24) is 19.6 Å². The Morgan fingerprint density at radius 3 is 2.76 bits per heavy atom. The number of fused-ring (bicyclic) bond motifs is 2. The quantitative estimate of drug-likeness (QED) is 0.482. The van der Waals surface area contributed by atoms with Crippen LogP contribution in [-0.4, -0.2) is 39.7 Å². The number of likely N-dealkylation sites (N-methyl/N-ethyl adjacent to an activating group) is 1. The highest BCUT2D eigenvalue weighted by atomic mass is 16.2. The van der Waals surface area contributed by atoms with E-state index in [-0.39, 0.29) is 11.8 Å². The minimum absolute atomic E-state index is 0.173. The molecular weight excluding hydrogens is 426 g/mol. The van der Waals surface area contributed by atoms with Gasteiger partial charge in [0.05, 0.1) is 0 Å². The molecule has 0 unspecified atom stereocenters. The Morgan fingerprint density at radius 2 is 1.88 bits per heavy atom. The van der Waals surface area contributed by atoms with E-state index in [2.05, 4.69) is 39.7 Å². The first kappa shape index (κ1) is 21.9. The second-order valence-electron chi connectivity index (χ2n) is 8.91. The minimum Gasteiger partial charge on any atom is -0.347 e. The van der Waals surface area contributed by atoms with E-state index in [1.807, 2.05) is 47.9 Å². The maximum Gasteiger partial charge on any atom is 0.271 e. The average molecular weight is 454 g/mol. The van der Waals surface area contributed by atoms with Gasteiger partial charge >= 0.3 is 0 Å². The number of pyridine rings is 1. The molecule has 34 heavy (non-hydrogen) atoms. The molecule has 2 aromatic carbocycles. The maximum atomic E-state index is 12.9. The topological polar surface area (TPSA) is 78.7 Å². The number of nitrogens with one attached hydrogen (secondary N) is 2. The number of amides is 2. The molecule has 172 valence electrons. The van der Waals surface area contributed by atoms with Crippen molar-refractivity contribution in [3.8, 4) is 0 Å². The molecule has 7 nitrogen and oxygen atoms in total. The number of hydrogen-bond acceptors (Lipinski definition) is 4. The number of anilines is 1. The molecule has 5 rings (SSSR count). The standard InChI is InChI=1S/C27H27N5O2/c1-18-6-9-25-30-24(17-32(25)15-18)27(34)28-14-19-4-3-5-21(12-19)26(33)29-23-8-7-20-10-11-31(2)16-22(20)13-23/h3-9,12-13,15,17H,10-11,14,16H2,1-2H3,(H,28,34)(H,29,33). The molecule has 1 aliphatic heterocycles. The lowest BCUT2D eigenvalue weighted by molar-refractivity contribution is 0.0946. The van der Waals surface area contributed by atoms with Crippen LogP contribution in [0.4, 0.5) is 5.69 Å². The van der Waals surface area contributed by atoms with Gasteiger partial charge in [-0.05, 0) is 73.0 Å². The van der Waals surface area contributed by atoms with Crippen molar-refractivity contribution in [3.05, 3.63) is 101 Å². The van der Waals surface area contributed by atoms with Crippen molar-refractivity contribution in [2.24, 2.45) is 0 Å². The Labute approximate surface area is 198 Å². The van der Waals surface area contributed by atoms with E-state index in [1.54, 1.807) is 18.3 Å². The van der Waals surface area contributed by atoms with Gasteiger partial charge in [-0.1, -0.05) is 24.3 Å². The van der Waals surface area contributed by atoms with Crippen LogP contribution >= 0.6 is 0 Å². The minimum atomic E-state index is -0.254. The van der Waals surface area contributed by atoms with Crippen LogP contribution < -0.4 is 10.6 Å². The third-order valence-corrected chi connectivity index (χ3v) is 6.14. The zero-order chi connectivity index (χ0) is 23.7. The van der Waals surface area contributed by atoms with E-state index in [4.69, 9.17) is 0 Å². The summed E-state index contributed by atoms with van der Waals surface area (Å²) in [6.45, 7) is 4.24. The predicted molar refractivity (Wildman–Crippen MR) is 132 cm³/mol. The molecule has 2 aromatic heterocycles. The number of rotatable bonds is 5. The lowest BCUT2D eigenvalue weighted by Crippen LogP contribution is -2.26. The molecule has 1 aliphatic rings. The number of carbonyl (C=O) groups is 2. The van der Waals surface area contributed by atoms with E-state index < -0.39 is 0 Å². The van der Waals surface area contributed by atoms with E-state index in [1.165, 1.54) is 11.1 Å². The number of imidazole rings is 1. The highest BCUT2D eigenvalue weighted by Crippen LogP contribution is 2.22. The monoisotopic (exact) mass is 453 g/mol. The molecule has 2 amide bonds. The highest BCUT2D eigenvalue weighted by molar-refractivity contribution is 6.04. The lowest BCUT2D eigenvalue weighted by Gasteiger charge is -2.25. The van der Waals surface area contributed by atoms with E-state index in [0.717, 1.165) is 42.0 Å². The fourth-order valence-electron chi connectivity index (χ4n) is 4.29. The molecule has 0 fully saturated rings. The molecule has 3 heterocycles. The molecule has 0 aliphatic carbocycles. The number of benzene rings is 2. The number of aromatic nitrogens is 2. The zero-order valence-corrected chi connectivity index (χ0v) is 19.3. The molecule has 4 aromatic rings. The number of aryl methyl sites for hydroxylation is 1. The SMILES string of the molecule is Cc1ccc2nc(C(=O)NCc3cccc(C(=O)Nc4ccc5c(c4)CN(C)CC5)c3)cn2c1. The van der Waals surface area contributed by atoms with Gasteiger partial charge in [0.25, 0.3) is 11.8 Å². The van der Waals surface area contributed by atoms with Crippen LogP contribution in [0.15, 0.2) is 67.0 Å². The van der Waals surface area contributed by atoms with Crippen molar-refractivity contribution in [3.63, 3.8) is 0 Å². The number of nitrogens with zero attached hydrogens (tertiary/aromatic N) is 3. The summed E-state index contributed by atoms with van der Waals surface area (Å²) < 4.78 is 1.84. The van der Waals surface area contributed by atoms with Crippen LogP contribution in [0.25, 0.3) is 5.65 Å². The summed E-state index contributed by atoms with van der Waals surface area (Å²) in [6, 6.07) is 17.3. The van der Waals surface area contributed by atoms with Crippen LogP contribution in [0.3, 0.4) is 0 Å². The fraction of sp³-hybridized carbons (Fsp3) is 0.222. The van der Waals surface area contributed by atoms with Gasteiger partial charge in [0.2, 0.25) is 0 Å². The van der Waals surface area contributed by atoms with Crippen molar-refractivity contribution in [1.29, 1.82) is 0 Å². The summed E-state index contributed by atoms with van der Waals surface area (Å²) in [5.74, 6) is -0.428. The van der Waals surface area contributed by atoms with Gasteiger partial charge in [0.1, 0.15) is 11.3 Å². The van der Waals surface area contributed by atoms with Crippen LogP contribution in [0.2, 0.25) is 0 Å². The summed E-state index contributed by atoms with van der Waals surface area (Å²) in [5, 5.41) is 5.90. The second-order valence-corrected chi connectivity index (χ2v) is 8.91. The average Bonchev–Trinajstić information content (AvgIpc) is 3.26. The van der Waals surface area contributed by atoms with E-state index in [9.17, 15) is 9.59 Å². The number of carbonyl (C=O) groups excluding carboxylic acids is 2. The Bertz CT molecular complexity index is 1390. The van der Waals surface area contributed by atoms with Crippen LogP contribution in [0.5, 0.6) is 0 Å². The molecular formula is C27H27N5O2. The smallest absolute Gasteiger partial charge is 0.271 e. The first-order valence-electron chi connectivity index (χ1n) is 11.4. The maximum absolute atomic E-state index is 12.9. The highest BCUT2D eigenvalue weighted by Gasteiger charge is 2.15. The third-order valence-electron chi connectivity index (χ3n) is 6.14. The van der Waals surface area contributed by atoms with E-state index in [0.29, 0.717) is 17.8 Å². The second kappa shape index (κ2) is 9.11. The summed E-state index contributed by atoms with van der Waals surface area (Å²) in [6.07, 6.45) is 4.68. The van der Waals surface area contributed by atoms with Gasteiger partial charge in [0.15, 0.2) is 0 Å². The Morgan fingerprint density at radius 1 is 1.00 bits per heavy atom. The molecule has 0 spiro atoms. The van der Waals surface area contributed by atoms with Gasteiger partial charge in [-0.15, -0.1) is 0 Å². The van der Waals surface area contributed by atoms with Gasteiger partial charge in [-0.2, -0.15) is 0 Å². The first-order valence-corrected chi connectivity index (χ1v) is 11.4. The molecule has 0 saturated heterocycles. The third kappa shape index (κ3) is 4.70. The first-order chi connectivity index (χ1) is 16.4. The van der Waals surface area contributed by atoms with Crippen LogP contribution in [-0.2, 0) is 19.5 Å². The summed E-state index contributed by atoms with van der Waals surface area (Å²) in [7, 11) is 2.11. The van der Waals surface area contributed by atoms with Crippen molar-refractivity contribution < 1.29 is 9.59 Å². The Hall–Kier alpha value is -3.97. The lowest BCUT2D eigenvalue weighted by atomic mass is 9.99. The largest absolute Gasteiger partial charge is 0.347 e. The molecule has 0 atom stereocenters. The Kier molecular flexibility index (Phi) is 5.86. The van der Waals surface area contributed by atoms with Gasteiger partial charge in [-0.3, -0.25) is 9.59 Å². The van der Waals surface area contributed by atoms with Crippen molar-refractivity contribution in [2.45, 2.75) is 26.4 Å². The normalized spacial score (nSPS) is 13.5. The Balaban J connectivity index is 1.23.